The molecule has 0 atom stereocenters. The molecule has 112 valence electrons. The van der Waals surface area contributed by atoms with Gasteiger partial charge in [-0.05, 0) is 55.5 Å². The molecule has 0 aliphatic heterocycles. The Morgan fingerprint density at radius 3 is 2.41 bits per heavy atom. The van der Waals surface area contributed by atoms with E-state index < -0.39 is 0 Å². The maximum atomic E-state index is 13.0. The number of halogens is 1. The molecule has 0 fully saturated rings. The Labute approximate surface area is 127 Å². The van der Waals surface area contributed by atoms with Crippen LogP contribution in [0.1, 0.15) is 6.92 Å². The van der Waals surface area contributed by atoms with Gasteiger partial charge in [0, 0.05) is 5.56 Å². The van der Waals surface area contributed by atoms with Gasteiger partial charge in [0.2, 0.25) is 0 Å². The van der Waals surface area contributed by atoms with Crippen molar-refractivity contribution in [1.29, 1.82) is 0 Å². The van der Waals surface area contributed by atoms with Gasteiger partial charge in [-0.1, -0.05) is 5.21 Å². The van der Waals surface area contributed by atoms with Gasteiger partial charge < -0.3 is 10.5 Å². The highest BCUT2D eigenvalue weighted by molar-refractivity contribution is 5.70. The number of benzene rings is 2. The van der Waals surface area contributed by atoms with Crippen molar-refractivity contribution in [2.75, 3.05) is 12.3 Å². The van der Waals surface area contributed by atoms with Crippen molar-refractivity contribution in [2.45, 2.75) is 6.92 Å². The second-order valence-electron chi connectivity index (χ2n) is 4.67. The second kappa shape index (κ2) is 5.85. The number of nitrogens with zero attached hydrogens (tertiary/aromatic N) is 3. The summed E-state index contributed by atoms with van der Waals surface area (Å²) in [6.45, 7) is 2.54. The summed E-state index contributed by atoms with van der Waals surface area (Å²) in [4.78, 5) is 0. The number of anilines is 1. The normalized spacial score (nSPS) is 10.6. The maximum Gasteiger partial charge on any atom is 0.155 e. The van der Waals surface area contributed by atoms with Crippen molar-refractivity contribution < 1.29 is 9.13 Å². The Balaban J connectivity index is 1.94. The van der Waals surface area contributed by atoms with E-state index in [-0.39, 0.29) is 5.82 Å². The van der Waals surface area contributed by atoms with Crippen LogP contribution in [0, 0.1) is 5.82 Å². The topological polar surface area (TPSA) is 66.0 Å². The highest BCUT2D eigenvalue weighted by atomic mass is 19.1. The molecule has 0 aliphatic rings. The molecule has 0 spiro atoms. The first kappa shape index (κ1) is 14.1. The smallest absolute Gasteiger partial charge is 0.155 e. The lowest BCUT2D eigenvalue weighted by molar-refractivity contribution is 0.340. The predicted octanol–water partition coefficient (Wildman–Crippen LogP) is 3.05. The van der Waals surface area contributed by atoms with Crippen molar-refractivity contribution in [3.63, 3.8) is 0 Å². The second-order valence-corrected chi connectivity index (χ2v) is 4.67. The number of hydrogen-bond acceptors (Lipinski definition) is 4. The van der Waals surface area contributed by atoms with Gasteiger partial charge in [-0.25, -0.2) is 4.39 Å². The molecular formula is C16H15FN4O. The SMILES string of the molecule is CCOc1ccc(-n2nnc(-c3ccc(F)cc3)c2N)cc1. The molecule has 5 nitrogen and oxygen atoms in total. The molecule has 1 aromatic heterocycles. The Kier molecular flexibility index (Phi) is 3.74. The van der Waals surface area contributed by atoms with Crippen molar-refractivity contribution in [3.05, 3.63) is 54.3 Å². The van der Waals surface area contributed by atoms with Crippen LogP contribution in [0.4, 0.5) is 10.2 Å². The molecule has 0 unspecified atom stereocenters. The number of rotatable bonds is 4. The molecule has 0 bridgehead atoms. The molecule has 3 rings (SSSR count). The van der Waals surface area contributed by atoms with Crippen LogP contribution in [0.2, 0.25) is 0 Å². The van der Waals surface area contributed by atoms with E-state index in [4.69, 9.17) is 10.5 Å². The average Bonchev–Trinajstić information content (AvgIpc) is 2.91. The summed E-state index contributed by atoms with van der Waals surface area (Å²) in [7, 11) is 0. The Morgan fingerprint density at radius 1 is 1.09 bits per heavy atom. The van der Waals surface area contributed by atoms with E-state index in [1.165, 1.54) is 16.8 Å². The van der Waals surface area contributed by atoms with E-state index in [1.54, 1.807) is 12.1 Å². The molecule has 3 aromatic rings. The van der Waals surface area contributed by atoms with Gasteiger partial charge >= 0.3 is 0 Å². The van der Waals surface area contributed by atoms with Crippen LogP contribution in [0.3, 0.4) is 0 Å². The standard InChI is InChI=1S/C16H15FN4O/c1-2-22-14-9-7-13(8-10-14)21-16(18)15(19-20-21)11-3-5-12(17)6-4-11/h3-10H,2,18H2,1H3. The molecule has 22 heavy (non-hydrogen) atoms. The Morgan fingerprint density at radius 2 is 1.77 bits per heavy atom. The fraction of sp³-hybridized carbons (Fsp3) is 0.125. The Hall–Kier alpha value is -2.89. The molecule has 2 N–H and O–H groups in total. The summed E-state index contributed by atoms with van der Waals surface area (Å²) in [6, 6.07) is 13.4. The van der Waals surface area contributed by atoms with E-state index in [1.807, 2.05) is 31.2 Å². The van der Waals surface area contributed by atoms with Crippen molar-refractivity contribution >= 4 is 5.82 Å². The molecule has 1 heterocycles. The maximum absolute atomic E-state index is 13.0. The lowest BCUT2D eigenvalue weighted by atomic mass is 10.1. The van der Waals surface area contributed by atoms with Crippen LogP contribution in [-0.2, 0) is 0 Å². The van der Waals surface area contributed by atoms with E-state index in [9.17, 15) is 4.39 Å². The highest BCUT2D eigenvalue weighted by Gasteiger charge is 2.13. The van der Waals surface area contributed by atoms with E-state index in [0.717, 1.165) is 17.0 Å². The summed E-state index contributed by atoms with van der Waals surface area (Å²) in [6.07, 6.45) is 0. The number of nitrogen functional groups attached to an aromatic ring is 1. The molecule has 0 radical (unpaired) electrons. The molecular weight excluding hydrogens is 283 g/mol. The first-order chi connectivity index (χ1) is 10.7. The van der Waals surface area contributed by atoms with Crippen LogP contribution in [0.15, 0.2) is 48.5 Å². The van der Waals surface area contributed by atoms with Crippen LogP contribution >= 0.6 is 0 Å². The summed E-state index contributed by atoms with van der Waals surface area (Å²) in [5.74, 6) is 0.876. The fourth-order valence-corrected chi connectivity index (χ4v) is 2.14. The minimum Gasteiger partial charge on any atom is -0.494 e. The minimum absolute atomic E-state index is 0.304. The first-order valence-corrected chi connectivity index (χ1v) is 6.89. The van der Waals surface area contributed by atoms with Crippen LogP contribution in [-0.4, -0.2) is 21.6 Å². The van der Waals surface area contributed by atoms with Gasteiger partial charge in [0.05, 0.1) is 12.3 Å². The third kappa shape index (κ3) is 2.63. The number of ether oxygens (including phenoxy) is 1. The van der Waals surface area contributed by atoms with Gasteiger partial charge in [0.25, 0.3) is 0 Å². The summed E-state index contributed by atoms with van der Waals surface area (Å²) < 4.78 is 19.9. The largest absolute Gasteiger partial charge is 0.494 e. The zero-order chi connectivity index (χ0) is 15.5. The zero-order valence-corrected chi connectivity index (χ0v) is 12.0. The van der Waals surface area contributed by atoms with Gasteiger partial charge in [-0.3, -0.25) is 0 Å². The first-order valence-electron chi connectivity index (χ1n) is 6.89. The van der Waals surface area contributed by atoms with Crippen LogP contribution in [0.25, 0.3) is 16.9 Å². The van der Waals surface area contributed by atoms with E-state index in [2.05, 4.69) is 10.3 Å². The van der Waals surface area contributed by atoms with Gasteiger partial charge in [-0.15, -0.1) is 5.10 Å². The molecule has 6 heteroatoms. The average molecular weight is 298 g/mol. The monoisotopic (exact) mass is 298 g/mol. The molecule has 0 saturated heterocycles. The molecule has 2 aromatic carbocycles. The van der Waals surface area contributed by atoms with Crippen LogP contribution < -0.4 is 10.5 Å². The van der Waals surface area contributed by atoms with Crippen molar-refractivity contribution in [3.8, 4) is 22.7 Å². The van der Waals surface area contributed by atoms with Crippen molar-refractivity contribution in [1.82, 2.24) is 15.0 Å². The van der Waals surface area contributed by atoms with Gasteiger partial charge in [0.15, 0.2) is 5.82 Å². The lowest BCUT2D eigenvalue weighted by Gasteiger charge is -2.06. The summed E-state index contributed by atoms with van der Waals surface area (Å²) in [5.41, 5.74) is 8.14. The number of hydrogen-bond donors (Lipinski definition) is 1. The third-order valence-corrected chi connectivity index (χ3v) is 3.21. The number of nitrogens with two attached hydrogens (primary N) is 1. The molecule has 0 saturated carbocycles. The van der Waals surface area contributed by atoms with Crippen LogP contribution in [0.5, 0.6) is 5.75 Å². The summed E-state index contributed by atoms with van der Waals surface area (Å²) >= 11 is 0. The van der Waals surface area contributed by atoms with Gasteiger partial charge in [-0.2, -0.15) is 4.68 Å². The zero-order valence-electron chi connectivity index (χ0n) is 12.0. The Bertz CT molecular complexity index is 766. The van der Waals surface area contributed by atoms with Gasteiger partial charge in [0.1, 0.15) is 17.3 Å². The quantitative estimate of drug-likeness (QED) is 0.804. The minimum atomic E-state index is -0.304. The highest BCUT2D eigenvalue weighted by Crippen LogP contribution is 2.26. The van der Waals surface area contributed by atoms with E-state index >= 15 is 0 Å². The van der Waals surface area contributed by atoms with E-state index in [0.29, 0.717) is 18.1 Å². The predicted molar refractivity (Wildman–Crippen MR) is 82.3 cm³/mol. The third-order valence-electron chi connectivity index (χ3n) is 3.21. The lowest BCUT2D eigenvalue weighted by Crippen LogP contribution is -2.02. The summed E-state index contributed by atoms with van der Waals surface area (Å²) in [5, 5.41) is 8.15. The molecule has 0 amide bonds. The van der Waals surface area contributed by atoms with Crippen molar-refractivity contribution in [2.24, 2.45) is 0 Å². The fourth-order valence-electron chi connectivity index (χ4n) is 2.14. The molecule has 0 aliphatic carbocycles. The number of aromatic nitrogens is 3.